The highest BCUT2D eigenvalue weighted by Crippen LogP contribution is 2.37. The highest BCUT2D eigenvalue weighted by Gasteiger charge is 2.38. The van der Waals surface area contributed by atoms with Crippen molar-refractivity contribution in [3.05, 3.63) is 29.3 Å². The Morgan fingerprint density at radius 2 is 1.93 bits per heavy atom. The highest BCUT2D eigenvalue weighted by molar-refractivity contribution is 5.96. The minimum absolute atomic E-state index is 0. The van der Waals surface area contributed by atoms with Crippen LogP contribution >= 0.6 is 12.4 Å². The van der Waals surface area contributed by atoms with E-state index in [1.807, 2.05) is 43.9 Å². The van der Waals surface area contributed by atoms with Gasteiger partial charge in [-0.25, -0.2) is 0 Å². The van der Waals surface area contributed by atoms with E-state index in [0.29, 0.717) is 23.3 Å². The zero-order chi connectivity index (χ0) is 18.7. The van der Waals surface area contributed by atoms with Crippen molar-refractivity contribution in [1.29, 1.82) is 0 Å². The number of hydrogen-bond donors (Lipinski definition) is 2. The molecule has 27 heavy (non-hydrogen) atoms. The van der Waals surface area contributed by atoms with Gasteiger partial charge in [-0.15, -0.1) is 12.4 Å². The van der Waals surface area contributed by atoms with E-state index in [4.69, 9.17) is 0 Å². The van der Waals surface area contributed by atoms with Crippen molar-refractivity contribution in [2.45, 2.75) is 46.5 Å². The Morgan fingerprint density at radius 1 is 1.22 bits per heavy atom. The number of carbonyl (C=O) groups is 2. The molecule has 2 saturated heterocycles. The lowest BCUT2D eigenvalue weighted by molar-refractivity contribution is -0.116. The van der Waals surface area contributed by atoms with Gasteiger partial charge in [-0.05, 0) is 67.8 Å². The van der Waals surface area contributed by atoms with Gasteiger partial charge < -0.3 is 15.5 Å². The third-order valence-electron chi connectivity index (χ3n) is 5.78. The number of halogens is 1. The number of nitrogens with zero attached hydrogens (tertiary/aromatic N) is 1. The minimum Gasteiger partial charge on any atom is -0.339 e. The van der Waals surface area contributed by atoms with Crippen LogP contribution < -0.4 is 10.6 Å². The number of piperidine rings is 1. The molecule has 2 heterocycles. The predicted octanol–water partition coefficient (Wildman–Crippen LogP) is 3.62. The Morgan fingerprint density at radius 3 is 2.48 bits per heavy atom. The summed E-state index contributed by atoms with van der Waals surface area (Å²) in [6.07, 6.45) is 3.92. The van der Waals surface area contributed by atoms with Gasteiger partial charge >= 0.3 is 0 Å². The molecular weight excluding hydrogens is 362 g/mol. The zero-order valence-corrected chi connectivity index (χ0v) is 17.5. The second-order valence-corrected chi connectivity index (χ2v) is 8.39. The molecule has 0 radical (unpaired) electrons. The molecule has 0 saturated carbocycles. The molecule has 2 amide bonds. The van der Waals surface area contributed by atoms with Crippen molar-refractivity contribution in [3.8, 4) is 0 Å². The van der Waals surface area contributed by atoms with E-state index < -0.39 is 0 Å². The molecule has 2 fully saturated rings. The molecule has 3 rings (SSSR count). The van der Waals surface area contributed by atoms with Crippen LogP contribution in [0.2, 0.25) is 0 Å². The van der Waals surface area contributed by atoms with E-state index in [9.17, 15) is 9.59 Å². The maximum Gasteiger partial charge on any atom is 0.253 e. The van der Waals surface area contributed by atoms with Crippen LogP contribution in [0.1, 0.15) is 55.5 Å². The summed E-state index contributed by atoms with van der Waals surface area (Å²) in [6, 6.07) is 5.59. The zero-order valence-electron chi connectivity index (χ0n) is 16.6. The lowest BCUT2D eigenvalue weighted by Gasteiger charge is -2.39. The second kappa shape index (κ2) is 9.07. The fourth-order valence-electron chi connectivity index (χ4n) is 4.10. The molecule has 150 valence electrons. The molecular formula is C21H32ClN3O2. The van der Waals surface area contributed by atoms with E-state index in [-0.39, 0.29) is 24.2 Å². The summed E-state index contributed by atoms with van der Waals surface area (Å²) >= 11 is 0. The molecule has 0 bridgehead atoms. The van der Waals surface area contributed by atoms with Crippen LogP contribution in [0, 0.1) is 18.3 Å². The Kier molecular flexibility index (Phi) is 7.29. The van der Waals surface area contributed by atoms with Crippen molar-refractivity contribution < 1.29 is 9.59 Å². The molecule has 6 heteroatoms. The summed E-state index contributed by atoms with van der Waals surface area (Å²) < 4.78 is 0. The van der Waals surface area contributed by atoms with E-state index in [1.165, 1.54) is 6.42 Å². The number of carbonyl (C=O) groups excluding carboxylic acids is 2. The Hall–Kier alpha value is -1.59. The SMILES string of the molecule is Cc1cc(C(=O)N2CCC3(CCNC3)CC2)ccc1NC(=O)CC(C)C.Cl. The van der Waals surface area contributed by atoms with Crippen molar-refractivity contribution in [1.82, 2.24) is 10.2 Å². The van der Waals surface area contributed by atoms with Gasteiger partial charge in [0.15, 0.2) is 0 Å². The van der Waals surface area contributed by atoms with Crippen LogP contribution in [0.5, 0.6) is 0 Å². The quantitative estimate of drug-likeness (QED) is 0.821. The largest absolute Gasteiger partial charge is 0.339 e. The fourth-order valence-corrected chi connectivity index (χ4v) is 4.10. The van der Waals surface area contributed by atoms with E-state index in [0.717, 1.165) is 50.3 Å². The number of benzene rings is 1. The first kappa shape index (κ1) is 21.7. The van der Waals surface area contributed by atoms with Crippen LogP contribution in [-0.2, 0) is 4.79 Å². The van der Waals surface area contributed by atoms with Crippen LogP contribution in [0.3, 0.4) is 0 Å². The lowest BCUT2D eigenvalue weighted by atomic mass is 9.78. The van der Waals surface area contributed by atoms with Gasteiger partial charge in [-0.3, -0.25) is 9.59 Å². The maximum absolute atomic E-state index is 12.9. The van der Waals surface area contributed by atoms with E-state index >= 15 is 0 Å². The molecule has 2 N–H and O–H groups in total. The molecule has 1 spiro atoms. The standard InChI is InChI=1S/C21H31N3O2.ClH/c1-15(2)12-19(25)23-18-5-4-17(13-16(18)3)20(26)24-10-7-21(8-11-24)6-9-22-14-21;/h4-5,13,15,22H,6-12,14H2,1-3H3,(H,23,25);1H. The third kappa shape index (κ3) is 5.23. The van der Waals surface area contributed by atoms with Gasteiger partial charge in [0.2, 0.25) is 5.91 Å². The Labute approximate surface area is 168 Å². The number of anilines is 1. The molecule has 1 aromatic carbocycles. The average Bonchev–Trinajstić information content (AvgIpc) is 3.04. The average molecular weight is 394 g/mol. The Balaban J connectivity index is 0.00000261. The third-order valence-corrected chi connectivity index (χ3v) is 5.78. The van der Waals surface area contributed by atoms with Gasteiger partial charge in [0.25, 0.3) is 5.91 Å². The van der Waals surface area contributed by atoms with Crippen molar-refractivity contribution in [3.63, 3.8) is 0 Å². The van der Waals surface area contributed by atoms with Crippen LogP contribution in [0.4, 0.5) is 5.69 Å². The normalized spacial score (nSPS) is 18.4. The number of rotatable bonds is 4. The molecule has 2 aliphatic heterocycles. The number of likely N-dealkylation sites (tertiary alicyclic amines) is 1. The Bertz CT molecular complexity index is 674. The molecule has 0 atom stereocenters. The fraction of sp³-hybridized carbons (Fsp3) is 0.619. The number of amides is 2. The summed E-state index contributed by atoms with van der Waals surface area (Å²) in [5.41, 5.74) is 2.85. The summed E-state index contributed by atoms with van der Waals surface area (Å²) in [5, 5.41) is 6.41. The van der Waals surface area contributed by atoms with Crippen molar-refractivity contribution in [2.75, 3.05) is 31.5 Å². The summed E-state index contributed by atoms with van der Waals surface area (Å²) in [6.45, 7) is 9.88. The van der Waals surface area contributed by atoms with Crippen LogP contribution in [0.25, 0.3) is 0 Å². The number of hydrogen-bond acceptors (Lipinski definition) is 3. The smallest absolute Gasteiger partial charge is 0.253 e. The molecule has 2 aliphatic rings. The minimum atomic E-state index is 0. The van der Waals surface area contributed by atoms with Crippen molar-refractivity contribution >= 4 is 29.9 Å². The molecule has 0 unspecified atom stereocenters. The summed E-state index contributed by atoms with van der Waals surface area (Å²) in [7, 11) is 0. The number of nitrogens with one attached hydrogen (secondary N) is 2. The van der Waals surface area contributed by atoms with Crippen LogP contribution in [-0.4, -0.2) is 42.9 Å². The first-order chi connectivity index (χ1) is 12.4. The molecule has 5 nitrogen and oxygen atoms in total. The highest BCUT2D eigenvalue weighted by atomic mass is 35.5. The topological polar surface area (TPSA) is 61.4 Å². The first-order valence-corrected chi connectivity index (χ1v) is 9.79. The predicted molar refractivity (Wildman–Crippen MR) is 112 cm³/mol. The van der Waals surface area contributed by atoms with Crippen molar-refractivity contribution in [2.24, 2.45) is 11.3 Å². The molecule has 1 aromatic rings. The lowest BCUT2D eigenvalue weighted by Crippen LogP contribution is -2.44. The van der Waals surface area contributed by atoms with Gasteiger partial charge in [0.1, 0.15) is 0 Å². The second-order valence-electron chi connectivity index (χ2n) is 8.39. The molecule has 0 aliphatic carbocycles. The van der Waals surface area contributed by atoms with E-state index in [2.05, 4.69) is 10.6 Å². The van der Waals surface area contributed by atoms with Gasteiger partial charge in [-0.2, -0.15) is 0 Å². The summed E-state index contributed by atoms with van der Waals surface area (Å²) in [4.78, 5) is 26.8. The molecule has 0 aromatic heterocycles. The number of aryl methyl sites for hydroxylation is 1. The first-order valence-electron chi connectivity index (χ1n) is 9.79. The van der Waals surface area contributed by atoms with Gasteiger partial charge in [-0.1, -0.05) is 13.8 Å². The van der Waals surface area contributed by atoms with Crippen LogP contribution in [0.15, 0.2) is 18.2 Å². The monoisotopic (exact) mass is 393 g/mol. The van der Waals surface area contributed by atoms with Gasteiger partial charge in [0, 0.05) is 37.3 Å². The van der Waals surface area contributed by atoms with Gasteiger partial charge in [0.05, 0.1) is 0 Å². The maximum atomic E-state index is 12.9. The van der Waals surface area contributed by atoms with E-state index in [1.54, 1.807) is 0 Å². The summed E-state index contributed by atoms with van der Waals surface area (Å²) in [5.74, 6) is 0.455.